The number of aliphatic carboxylic acids is 1. The molecule has 0 amide bonds. The summed E-state index contributed by atoms with van der Waals surface area (Å²) in [4.78, 5) is 33.4. The Morgan fingerprint density at radius 3 is 2.78 bits per heavy atom. The molecular weight excluding hydrogens is 245 g/mol. The van der Waals surface area contributed by atoms with E-state index in [9.17, 15) is 18.9 Å². The lowest BCUT2D eigenvalue weighted by atomic mass is 9.90. The minimum atomic E-state index is -2.40. The number of fused-ring (bicyclic) bond motifs is 1. The zero-order valence-electron chi connectivity index (χ0n) is 9.47. The second-order valence-electron chi connectivity index (χ2n) is 4.60. The van der Waals surface area contributed by atoms with Gasteiger partial charge in [-0.3, -0.25) is 0 Å². The van der Waals surface area contributed by atoms with Gasteiger partial charge in [0.1, 0.15) is 6.61 Å². The van der Waals surface area contributed by atoms with E-state index in [1.165, 1.54) is 6.08 Å². The maximum absolute atomic E-state index is 14.4. The normalized spacial score (nSPS) is 40.7. The van der Waals surface area contributed by atoms with Gasteiger partial charge in [0, 0.05) is 5.92 Å². The van der Waals surface area contributed by atoms with E-state index >= 15 is 0 Å². The molecule has 7 heteroatoms. The number of nitrogens with zero attached hydrogens (tertiary/aromatic N) is 1. The van der Waals surface area contributed by atoms with Crippen molar-refractivity contribution in [3.05, 3.63) is 17.6 Å². The molecule has 4 atom stereocenters. The second-order valence-corrected chi connectivity index (χ2v) is 4.60. The summed E-state index contributed by atoms with van der Waals surface area (Å²) in [7, 11) is 0. The number of halogens is 1. The lowest BCUT2D eigenvalue weighted by Crippen LogP contribution is -2.42. The highest BCUT2D eigenvalue weighted by Gasteiger charge is 2.84. The maximum Gasteiger partial charge on any atom is 0.344 e. The average Bonchev–Trinajstić information content (AvgIpc) is 2.77. The number of nitroso groups, excluding NO2 is 1. The van der Waals surface area contributed by atoms with Crippen LogP contribution in [0.1, 0.15) is 12.8 Å². The highest BCUT2D eigenvalue weighted by Crippen LogP contribution is 2.68. The third-order valence-electron chi connectivity index (χ3n) is 3.81. The van der Waals surface area contributed by atoms with Crippen molar-refractivity contribution in [3.63, 3.8) is 0 Å². The van der Waals surface area contributed by atoms with Gasteiger partial charge < -0.3 is 9.84 Å². The van der Waals surface area contributed by atoms with E-state index in [4.69, 9.17) is 5.11 Å². The molecule has 2 aliphatic rings. The van der Waals surface area contributed by atoms with Gasteiger partial charge in [-0.1, -0.05) is 17.8 Å². The molecule has 0 radical (unpaired) electrons. The second kappa shape index (κ2) is 3.86. The molecule has 0 saturated heterocycles. The topological polar surface area (TPSA) is 93.0 Å². The van der Waals surface area contributed by atoms with Crippen LogP contribution in [0.2, 0.25) is 0 Å². The van der Waals surface area contributed by atoms with E-state index in [0.29, 0.717) is 0 Å². The molecule has 0 aromatic carbocycles. The molecule has 0 spiro atoms. The van der Waals surface area contributed by atoms with Gasteiger partial charge in [-0.2, -0.15) is 0 Å². The first-order valence-corrected chi connectivity index (χ1v) is 5.50. The number of carboxylic acids is 1. The van der Waals surface area contributed by atoms with Crippen LogP contribution in [-0.2, 0) is 14.3 Å². The molecule has 0 unspecified atom stereocenters. The Balaban J connectivity index is 2.22. The fourth-order valence-corrected chi connectivity index (χ4v) is 2.92. The summed E-state index contributed by atoms with van der Waals surface area (Å²) in [5.41, 5.74) is -4.43. The van der Waals surface area contributed by atoms with Gasteiger partial charge in [0.25, 0.3) is 0 Å². The zero-order chi connectivity index (χ0) is 13.6. The Morgan fingerprint density at radius 2 is 2.28 bits per heavy atom. The summed E-state index contributed by atoms with van der Waals surface area (Å²) in [6.45, 7) is 3.16. The van der Waals surface area contributed by atoms with Crippen molar-refractivity contribution in [1.29, 1.82) is 0 Å². The van der Waals surface area contributed by atoms with Crippen molar-refractivity contribution >= 4 is 11.9 Å². The predicted molar refractivity (Wildman–Crippen MR) is 57.4 cm³/mol. The van der Waals surface area contributed by atoms with Crippen molar-refractivity contribution in [3.8, 4) is 0 Å². The van der Waals surface area contributed by atoms with Crippen LogP contribution in [-0.4, -0.2) is 34.9 Å². The molecule has 2 rings (SSSR count). The SMILES string of the molecule is C=CCOC(=O)[C@@]1(F)[C@@H]2CC[C@@](N=O)(C(=O)O)[C@@H]21. The summed E-state index contributed by atoms with van der Waals surface area (Å²) in [6, 6.07) is 0. The Labute approximate surface area is 102 Å². The largest absolute Gasteiger partial charge is 0.479 e. The molecule has 2 saturated carbocycles. The van der Waals surface area contributed by atoms with E-state index in [2.05, 4.69) is 16.5 Å². The number of alkyl halides is 1. The van der Waals surface area contributed by atoms with E-state index in [-0.39, 0.29) is 19.4 Å². The zero-order valence-corrected chi connectivity index (χ0v) is 9.47. The van der Waals surface area contributed by atoms with E-state index < -0.39 is 35.0 Å². The molecule has 2 aliphatic carbocycles. The predicted octanol–water partition coefficient (Wildman–Crippen LogP) is 1.05. The minimum absolute atomic E-state index is 0.0401. The summed E-state index contributed by atoms with van der Waals surface area (Å²) in [5.74, 6) is -4.62. The molecule has 0 aromatic rings. The number of carboxylic acid groups (broad SMARTS) is 1. The average molecular weight is 257 g/mol. The van der Waals surface area contributed by atoms with Crippen LogP contribution in [0.25, 0.3) is 0 Å². The number of hydrogen-bond donors (Lipinski definition) is 1. The molecule has 0 aliphatic heterocycles. The van der Waals surface area contributed by atoms with Gasteiger partial charge in [-0.05, 0) is 12.8 Å². The van der Waals surface area contributed by atoms with Crippen molar-refractivity contribution in [2.75, 3.05) is 6.61 Å². The Kier molecular flexibility index (Phi) is 2.71. The quantitative estimate of drug-likeness (QED) is 0.451. The monoisotopic (exact) mass is 257 g/mol. The summed E-state index contributed by atoms with van der Waals surface area (Å²) >= 11 is 0. The van der Waals surface area contributed by atoms with Crippen LogP contribution in [0, 0.1) is 16.7 Å². The highest BCUT2D eigenvalue weighted by atomic mass is 19.1. The van der Waals surface area contributed by atoms with Gasteiger partial charge in [-0.15, -0.1) is 4.91 Å². The number of esters is 1. The Bertz CT molecular complexity index is 439. The fraction of sp³-hybridized carbons (Fsp3) is 0.636. The number of hydrogen-bond acceptors (Lipinski definition) is 5. The van der Waals surface area contributed by atoms with Crippen LogP contribution in [0.4, 0.5) is 4.39 Å². The minimum Gasteiger partial charge on any atom is -0.479 e. The molecular formula is C11H12FNO5. The van der Waals surface area contributed by atoms with Gasteiger partial charge in [0.2, 0.25) is 11.2 Å². The summed E-state index contributed by atoms with van der Waals surface area (Å²) in [6.07, 6.45) is 1.38. The highest BCUT2D eigenvalue weighted by molar-refractivity contribution is 5.91. The number of ether oxygens (including phenoxy) is 1. The van der Waals surface area contributed by atoms with E-state index in [1.807, 2.05) is 0 Å². The van der Waals surface area contributed by atoms with Crippen LogP contribution in [0.5, 0.6) is 0 Å². The Morgan fingerprint density at radius 1 is 1.61 bits per heavy atom. The van der Waals surface area contributed by atoms with Gasteiger partial charge in [0.15, 0.2) is 0 Å². The van der Waals surface area contributed by atoms with Crippen molar-refractivity contribution in [1.82, 2.24) is 0 Å². The molecule has 6 nitrogen and oxygen atoms in total. The molecule has 2 fully saturated rings. The van der Waals surface area contributed by atoms with Crippen molar-refractivity contribution in [2.45, 2.75) is 24.0 Å². The standard InChI is InChI=1S/C11H12FNO5/c1-2-5-18-9(16)11(12)6-3-4-10(13-17,7(6)11)8(14)15/h2,6-7H,1,3-5H2,(H,14,15)/t6-,7-,10+,11-/m1/s1. The molecule has 18 heavy (non-hydrogen) atoms. The first-order valence-electron chi connectivity index (χ1n) is 5.50. The molecule has 0 aromatic heterocycles. The first kappa shape index (κ1) is 12.7. The van der Waals surface area contributed by atoms with Crippen molar-refractivity contribution < 1.29 is 23.8 Å². The molecule has 0 heterocycles. The van der Waals surface area contributed by atoms with Gasteiger partial charge >= 0.3 is 11.9 Å². The van der Waals surface area contributed by atoms with E-state index in [1.54, 1.807) is 0 Å². The van der Waals surface area contributed by atoms with Gasteiger partial charge in [0.05, 0.1) is 5.92 Å². The van der Waals surface area contributed by atoms with Crippen molar-refractivity contribution in [2.24, 2.45) is 17.0 Å². The van der Waals surface area contributed by atoms with Crippen LogP contribution in [0.3, 0.4) is 0 Å². The fourth-order valence-electron chi connectivity index (χ4n) is 2.92. The summed E-state index contributed by atoms with van der Waals surface area (Å²) < 4.78 is 19.0. The number of rotatable bonds is 5. The molecule has 0 bridgehead atoms. The first-order chi connectivity index (χ1) is 8.45. The maximum atomic E-state index is 14.4. The molecule has 98 valence electrons. The summed E-state index contributed by atoms with van der Waals surface area (Å²) in [5, 5.41) is 11.6. The Hall–Kier alpha value is -1.79. The molecule has 1 N–H and O–H groups in total. The smallest absolute Gasteiger partial charge is 0.344 e. The third-order valence-corrected chi connectivity index (χ3v) is 3.81. The number of carbonyl (C=O) groups excluding carboxylic acids is 1. The van der Waals surface area contributed by atoms with Crippen LogP contribution < -0.4 is 0 Å². The van der Waals surface area contributed by atoms with E-state index in [0.717, 1.165) is 0 Å². The lowest BCUT2D eigenvalue weighted by molar-refractivity contribution is -0.154. The van der Waals surface area contributed by atoms with Crippen LogP contribution in [0.15, 0.2) is 17.8 Å². The van der Waals surface area contributed by atoms with Gasteiger partial charge in [-0.25, -0.2) is 14.0 Å². The number of carbonyl (C=O) groups is 2. The lowest BCUT2D eigenvalue weighted by Gasteiger charge is -2.20. The third kappa shape index (κ3) is 1.33. The van der Waals surface area contributed by atoms with Crippen LogP contribution >= 0.6 is 0 Å².